The number of piperidine rings is 1. The van der Waals surface area contributed by atoms with Crippen molar-refractivity contribution in [3.63, 3.8) is 0 Å². The molecule has 0 radical (unpaired) electrons. The van der Waals surface area contributed by atoms with Crippen LogP contribution in [0.5, 0.6) is 0 Å². The van der Waals surface area contributed by atoms with Crippen molar-refractivity contribution in [1.29, 1.82) is 0 Å². The Morgan fingerprint density at radius 1 is 1.25 bits per heavy atom. The van der Waals surface area contributed by atoms with Crippen molar-refractivity contribution < 1.29 is 9.59 Å². The molecule has 1 saturated carbocycles. The fourth-order valence-electron chi connectivity index (χ4n) is 2.78. The second-order valence-corrected chi connectivity index (χ2v) is 6.81. The largest absolute Gasteiger partial charge is 0.352 e. The van der Waals surface area contributed by atoms with Crippen molar-refractivity contribution in [2.45, 2.75) is 25.7 Å². The van der Waals surface area contributed by atoms with E-state index in [9.17, 15) is 9.59 Å². The van der Waals surface area contributed by atoms with Crippen LogP contribution >= 0.6 is 24.0 Å². The van der Waals surface area contributed by atoms with Crippen LogP contribution in [-0.4, -0.2) is 31.4 Å². The number of benzene rings is 1. The third-order valence-electron chi connectivity index (χ3n) is 4.40. The van der Waals surface area contributed by atoms with Crippen LogP contribution in [0.1, 0.15) is 36.0 Å². The maximum Gasteiger partial charge on any atom is 0.253 e. The molecule has 1 saturated heterocycles. The highest BCUT2D eigenvalue weighted by atomic mass is 35.5. The summed E-state index contributed by atoms with van der Waals surface area (Å²) in [5, 5.41) is 9.52. The van der Waals surface area contributed by atoms with E-state index < -0.39 is 0 Å². The molecule has 2 fully saturated rings. The van der Waals surface area contributed by atoms with Crippen molar-refractivity contribution in [2.75, 3.05) is 25.0 Å². The second-order valence-electron chi connectivity index (χ2n) is 6.38. The van der Waals surface area contributed by atoms with Crippen LogP contribution in [0.4, 0.5) is 5.69 Å². The van der Waals surface area contributed by atoms with E-state index >= 15 is 0 Å². The van der Waals surface area contributed by atoms with Crippen molar-refractivity contribution in [3.05, 3.63) is 28.8 Å². The average Bonchev–Trinajstić information content (AvgIpc) is 3.39. The first-order chi connectivity index (χ1) is 11.1. The van der Waals surface area contributed by atoms with Gasteiger partial charge in [-0.3, -0.25) is 9.59 Å². The Labute approximate surface area is 153 Å². The Kier molecular flexibility index (Phi) is 6.90. The van der Waals surface area contributed by atoms with Gasteiger partial charge in [-0.1, -0.05) is 11.6 Å². The maximum absolute atomic E-state index is 12.4. The van der Waals surface area contributed by atoms with Gasteiger partial charge < -0.3 is 16.0 Å². The van der Waals surface area contributed by atoms with Crippen molar-refractivity contribution in [3.8, 4) is 0 Å². The average molecular weight is 372 g/mol. The zero-order valence-corrected chi connectivity index (χ0v) is 15.0. The molecule has 2 amide bonds. The van der Waals surface area contributed by atoms with Gasteiger partial charge in [-0.25, -0.2) is 0 Å². The lowest BCUT2D eigenvalue weighted by Gasteiger charge is -2.22. The Morgan fingerprint density at radius 3 is 2.71 bits per heavy atom. The van der Waals surface area contributed by atoms with E-state index in [4.69, 9.17) is 11.6 Å². The van der Waals surface area contributed by atoms with Gasteiger partial charge >= 0.3 is 0 Å². The van der Waals surface area contributed by atoms with Gasteiger partial charge in [0.25, 0.3) is 5.91 Å². The van der Waals surface area contributed by atoms with E-state index in [1.165, 1.54) is 12.8 Å². The van der Waals surface area contributed by atoms with E-state index in [1.807, 2.05) is 0 Å². The number of nitrogens with one attached hydrogen (secondary N) is 3. The minimum Gasteiger partial charge on any atom is -0.352 e. The summed E-state index contributed by atoms with van der Waals surface area (Å²) < 4.78 is 0. The zero-order valence-electron chi connectivity index (χ0n) is 13.4. The lowest BCUT2D eigenvalue weighted by molar-refractivity contribution is -0.120. The van der Waals surface area contributed by atoms with Crippen LogP contribution < -0.4 is 16.0 Å². The van der Waals surface area contributed by atoms with E-state index in [1.54, 1.807) is 18.2 Å². The number of anilines is 1. The molecule has 1 heterocycles. The fraction of sp³-hybridized carbons (Fsp3) is 0.529. The highest BCUT2D eigenvalue weighted by Crippen LogP contribution is 2.28. The molecule has 3 N–H and O–H groups in total. The first-order valence-electron chi connectivity index (χ1n) is 8.23. The van der Waals surface area contributed by atoms with Crippen LogP contribution in [0.25, 0.3) is 0 Å². The third-order valence-corrected chi connectivity index (χ3v) is 4.64. The smallest absolute Gasteiger partial charge is 0.253 e. The molecule has 1 unspecified atom stereocenters. The van der Waals surface area contributed by atoms with Gasteiger partial charge in [0.2, 0.25) is 5.91 Å². The van der Waals surface area contributed by atoms with Crippen molar-refractivity contribution in [2.24, 2.45) is 11.8 Å². The summed E-state index contributed by atoms with van der Waals surface area (Å²) in [5.74, 6) is 0.318. The molecule has 1 aromatic rings. The molecule has 132 valence electrons. The number of carbonyl (C=O) groups excluding carboxylic acids is 2. The molecular formula is C17H23Cl2N3O2. The number of carbonyl (C=O) groups is 2. The molecule has 0 spiro atoms. The minimum atomic E-state index is -0.184. The van der Waals surface area contributed by atoms with Crippen LogP contribution in [-0.2, 0) is 4.79 Å². The van der Waals surface area contributed by atoms with E-state index in [0.29, 0.717) is 35.3 Å². The summed E-state index contributed by atoms with van der Waals surface area (Å²) in [4.78, 5) is 24.8. The normalized spacial score (nSPS) is 20.0. The Balaban J connectivity index is 0.00000208. The zero-order chi connectivity index (χ0) is 16.2. The number of hydrogen-bond donors (Lipinski definition) is 3. The first kappa shape index (κ1) is 19.0. The third kappa shape index (κ3) is 5.10. The molecular weight excluding hydrogens is 349 g/mol. The summed E-state index contributed by atoms with van der Waals surface area (Å²) in [5.41, 5.74) is 0.952. The number of hydrogen-bond acceptors (Lipinski definition) is 3. The standard InChI is InChI=1S/C17H22ClN3O2.ClH/c18-13-5-6-15(21-16(22)12-2-1-7-19-10-12)14(8-13)17(23)20-9-11-3-4-11;/h5-6,8,11-12,19H,1-4,7,9-10H2,(H,20,23)(H,21,22);1H. The molecule has 7 heteroatoms. The Morgan fingerprint density at radius 2 is 2.04 bits per heavy atom. The monoisotopic (exact) mass is 371 g/mol. The number of halogens is 2. The van der Waals surface area contributed by atoms with E-state index in [0.717, 1.165) is 19.4 Å². The van der Waals surface area contributed by atoms with Gasteiger partial charge in [0.15, 0.2) is 0 Å². The lowest BCUT2D eigenvalue weighted by atomic mass is 9.98. The van der Waals surface area contributed by atoms with Crippen LogP contribution in [0.3, 0.4) is 0 Å². The first-order valence-corrected chi connectivity index (χ1v) is 8.60. The molecule has 1 aromatic carbocycles. The van der Waals surface area contributed by atoms with Crippen LogP contribution in [0.15, 0.2) is 18.2 Å². The SMILES string of the molecule is Cl.O=C(NCC1CC1)c1cc(Cl)ccc1NC(=O)C1CCCNC1. The topological polar surface area (TPSA) is 70.2 Å². The molecule has 1 aliphatic heterocycles. The molecule has 0 bridgehead atoms. The van der Waals surface area contributed by atoms with Gasteiger partial charge in [0.1, 0.15) is 0 Å². The Bertz CT molecular complexity index is 599. The van der Waals surface area contributed by atoms with E-state index in [-0.39, 0.29) is 30.1 Å². The quantitative estimate of drug-likeness (QED) is 0.745. The highest BCUT2D eigenvalue weighted by molar-refractivity contribution is 6.31. The predicted octanol–water partition coefficient (Wildman–Crippen LogP) is 2.84. The maximum atomic E-state index is 12.4. The summed E-state index contributed by atoms with van der Waals surface area (Å²) in [6.45, 7) is 2.33. The van der Waals surface area contributed by atoms with Crippen LogP contribution in [0.2, 0.25) is 5.02 Å². The number of amides is 2. The van der Waals surface area contributed by atoms with Gasteiger partial charge in [-0.2, -0.15) is 0 Å². The molecule has 3 rings (SSSR count). The van der Waals surface area contributed by atoms with Crippen molar-refractivity contribution >= 4 is 41.5 Å². The van der Waals surface area contributed by atoms with Gasteiger partial charge in [-0.15, -0.1) is 12.4 Å². The van der Waals surface area contributed by atoms with Crippen LogP contribution in [0, 0.1) is 11.8 Å². The van der Waals surface area contributed by atoms with Gasteiger partial charge in [-0.05, 0) is 56.3 Å². The van der Waals surface area contributed by atoms with E-state index in [2.05, 4.69) is 16.0 Å². The minimum absolute atomic E-state index is 0. The highest BCUT2D eigenvalue weighted by Gasteiger charge is 2.24. The summed E-state index contributed by atoms with van der Waals surface area (Å²) in [7, 11) is 0. The molecule has 5 nitrogen and oxygen atoms in total. The molecule has 24 heavy (non-hydrogen) atoms. The predicted molar refractivity (Wildman–Crippen MR) is 98.0 cm³/mol. The molecule has 1 aliphatic carbocycles. The number of rotatable bonds is 5. The summed E-state index contributed by atoms with van der Waals surface area (Å²) in [6, 6.07) is 5.00. The summed E-state index contributed by atoms with van der Waals surface area (Å²) >= 11 is 6.02. The fourth-order valence-corrected chi connectivity index (χ4v) is 2.95. The lowest BCUT2D eigenvalue weighted by Crippen LogP contribution is -2.37. The van der Waals surface area contributed by atoms with Gasteiger partial charge in [0, 0.05) is 18.1 Å². The Hall–Kier alpha value is -1.30. The molecule has 1 atom stereocenters. The van der Waals surface area contributed by atoms with Crippen molar-refractivity contribution in [1.82, 2.24) is 10.6 Å². The second kappa shape index (κ2) is 8.70. The molecule has 2 aliphatic rings. The molecule has 0 aromatic heterocycles. The summed E-state index contributed by atoms with van der Waals surface area (Å²) in [6.07, 6.45) is 4.21. The van der Waals surface area contributed by atoms with Gasteiger partial charge in [0.05, 0.1) is 17.2 Å².